The summed E-state index contributed by atoms with van der Waals surface area (Å²) in [5, 5.41) is 22.0. The lowest BCUT2D eigenvalue weighted by molar-refractivity contribution is -0.389. The third kappa shape index (κ3) is 5.14. The highest BCUT2D eigenvalue weighted by atomic mass is 35.5. The fourth-order valence-electron chi connectivity index (χ4n) is 3.96. The lowest BCUT2D eigenvalue weighted by Crippen LogP contribution is -2.45. The van der Waals surface area contributed by atoms with Gasteiger partial charge in [0.05, 0.1) is 22.9 Å². The molecule has 0 unspecified atom stereocenters. The minimum Gasteiger partial charge on any atom is -0.387 e. The van der Waals surface area contributed by atoms with Crippen LogP contribution in [-0.4, -0.2) is 48.2 Å². The molecule has 12 heteroatoms. The summed E-state index contributed by atoms with van der Waals surface area (Å²) >= 11 is 12.4. The van der Waals surface area contributed by atoms with Crippen molar-refractivity contribution in [1.82, 2.24) is 19.4 Å². The number of rotatable bonds is 6. The molecule has 1 N–H and O–H groups in total. The fourth-order valence-corrected chi connectivity index (χ4v) is 4.44. The van der Waals surface area contributed by atoms with Gasteiger partial charge in [-0.25, -0.2) is 8.78 Å². The van der Waals surface area contributed by atoms with E-state index in [-0.39, 0.29) is 24.2 Å². The SMILES string of the molecule is C[C@](O)(CN1CCc2nc(-c3ccc(F)c(F)c3)c(Cl)cc2C1)Cn1cc([N+](=O)[O-])nc1Cl. The highest BCUT2D eigenvalue weighted by Gasteiger charge is 2.30. The average molecular weight is 498 g/mol. The minimum atomic E-state index is -1.25. The lowest BCUT2D eigenvalue weighted by atomic mass is 10.00. The predicted octanol–water partition coefficient (Wildman–Crippen LogP) is 4.25. The largest absolute Gasteiger partial charge is 0.387 e. The first-order valence-corrected chi connectivity index (χ1v) is 10.7. The third-order valence-corrected chi connectivity index (χ3v) is 5.96. The molecule has 3 aromatic rings. The zero-order chi connectivity index (χ0) is 23.9. The molecule has 0 bridgehead atoms. The predicted molar refractivity (Wildman–Crippen MR) is 118 cm³/mol. The molecule has 8 nitrogen and oxygen atoms in total. The normalized spacial score (nSPS) is 15.8. The Bertz CT molecular complexity index is 1230. The van der Waals surface area contributed by atoms with Gasteiger partial charge < -0.3 is 15.2 Å². The highest BCUT2D eigenvalue weighted by molar-refractivity contribution is 6.33. The molecular formula is C21H19Cl2F2N5O3. The Labute approximate surface area is 197 Å². The summed E-state index contributed by atoms with van der Waals surface area (Å²) in [6.07, 6.45) is 1.75. The minimum absolute atomic E-state index is 0.0180. The summed E-state index contributed by atoms with van der Waals surface area (Å²) in [5.74, 6) is -2.30. The molecule has 3 heterocycles. The van der Waals surface area contributed by atoms with Crippen molar-refractivity contribution in [3.8, 4) is 11.3 Å². The Morgan fingerprint density at radius 2 is 1.97 bits per heavy atom. The van der Waals surface area contributed by atoms with Gasteiger partial charge in [-0.2, -0.15) is 0 Å². The van der Waals surface area contributed by atoms with Gasteiger partial charge in [0.15, 0.2) is 11.6 Å². The fraction of sp³-hybridized carbons (Fsp3) is 0.333. The van der Waals surface area contributed by atoms with Crippen LogP contribution in [0.15, 0.2) is 30.5 Å². The van der Waals surface area contributed by atoms with E-state index in [4.69, 9.17) is 23.2 Å². The number of halogens is 4. The number of nitrogens with zero attached hydrogens (tertiary/aromatic N) is 5. The highest BCUT2D eigenvalue weighted by Crippen LogP contribution is 2.31. The zero-order valence-electron chi connectivity index (χ0n) is 17.4. The second-order valence-electron chi connectivity index (χ2n) is 8.26. The van der Waals surface area contributed by atoms with Crippen LogP contribution in [-0.2, 0) is 19.5 Å². The van der Waals surface area contributed by atoms with E-state index in [2.05, 4.69) is 9.97 Å². The van der Waals surface area contributed by atoms with Gasteiger partial charge in [0.1, 0.15) is 6.20 Å². The van der Waals surface area contributed by atoms with Crippen LogP contribution in [0.1, 0.15) is 18.2 Å². The Hall–Kier alpha value is -2.66. The van der Waals surface area contributed by atoms with Gasteiger partial charge in [-0.1, -0.05) is 11.6 Å². The molecule has 0 fully saturated rings. The summed E-state index contributed by atoms with van der Waals surface area (Å²) in [6, 6.07) is 5.27. The Morgan fingerprint density at radius 1 is 1.21 bits per heavy atom. The lowest BCUT2D eigenvalue weighted by Gasteiger charge is -2.34. The Balaban J connectivity index is 1.49. The molecule has 0 aliphatic carbocycles. The van der Waals surface area contributed by atoms with E-state index >= 15 is 0 Å². The van der Waals surface area contributed by atoms with Crippen LogP contribution in [0.5, 0.6) is 0 Å². The van der Waals surface area contributed by atoms with Crippen molar-refractivity contribution in [2.75, 3.05) is 13.1 Å². The molecular weight excluding hydrogens is 479 g/mol. The molecule has 1 aliphatic rings. The van der Waals surface area contributed by atoms with Crippen LogP contribution in [0.25, 0.3) is 11.3 Å². The molecule has 0 amide bonds. The number of hydrogen-bond acceptors (Lipinski definition) is 6. The number of imidazole rings is 1. The summed E-state index contributed by atoms with van der Waals surface area (Å²) in [5.41, 5.74) is 1.18. The van der Waals surface area contributed by atoms with E-state index in [1.807, 2.05) is 4.90 Å². The van der Waals surface area contributed by atoms with Gasteiger partial charge >= 0.3 is 11.1 Å². The van der Waals surface area contributed by atoms with E-state index < -0.39 is 22.2 Å². The summed E-state index contributed by atoms with van der Waals surface area (Å²) in [6.45, 7) is 2.95. The summed E-state index contributed by atoms with van der Waals surface area (Å²) in [7, 11) is 0. The summed E-state index contributed by atoms with van der Waals surface area (Å²) in [4.78, 5) is 20.5. The molecule has 33 heavy (non-hydrogen) atoms. The maximum Gasteiger partial charge on any atom is 0.383 e. The van der Waals surface area contributed by atoms with Gasteiger partial charge in [-0.3, -0.25) is 14.5 Å². The maximum absolute atomic E-state index is 13.6. The van der Waals surface area contributed by atoms with Crippen molar-refractivity contribution in [1.29, 1.82) is 0 Å². The van der Waals surface area contributed by atoms with Gasteiger partial charge in [-0.05, 0) is 58.3 Å². The van der Waals surface area contributed by atoms with E-state index in [0.29, 0.717) is 35.8 Å². The Morgan fingerprint density at radius 3 is 2.64 bits per heavy atom. The monoisotopic (exact) mass is 497 g/mol. The van der Waals surface area contributed by atoms with Crippen LogP contribution in [0, 0.1) is 21.7 Å². The van der Waals surface area contributed by atoms with E-state index in [1.54, 1.807) is 13.0 Å². The van der Waals surface area contributed by atoms with Crippen molar-refractivity contribution < 1.29 is 18.8 Å². The first kappa shape index (κ1) is 23.5. The van der Waals surface area contributed by atoms with Crippen molar-refractivity contribution in [3.63, 3.8) is 0 Å². The molecule has 1 atom stereocenters. The molecule has 4 rings (SSSR count). The first-order valence-electron chi connectivity index (χ1n) is 9.98. The number of benzene rings is 1. The molecule has 0 saturated carbocycles. The molecule has 0 radical (unpaired) electrons. The van der Waals surface area contributed by atoms with Gasteiger partial charge in [-0.15, -0.1) is 0 Å². The number of aliphatic hydroxyl groups is 1. The van der Waals surface area contributed by atoms with E-state index in [1.165, 1.54) is 16.8 Å². The van der Waals surface area contributed by atoms with Gasteiger partial charge in [0, 0.05) is 37.3 Å². The second-order valence-corrected chi connectivity index (χ2v) is 9.01. The van der Waals surface area contributed by atoms with Crippen molar-refractivity contribution in [3.05, 3.63) is 73.8 Å². The van der Waals surface area contributed by atoms with Crippen LogP contribution in [0.3, 0.4) is 0 Å². The van der Waals surface area contributed by atoms with Crippen molar-refractivity contribution in [2.45, 2.75) is 32.0 Å². The van der Waals surface area contributed by atoms with Crippen LogP contribution < -0.4 is 0 Å². The molecule has 0 spiro atoms. The molecule has 1 aromatic carbocycles. The van der Waals surface area contributed by atoms with E-state index in [0.717, 1.165) is 23.4 Å². The molecule has 1 aliphatic heterocycles. The van der Waals surface area contributed by atoms with Crippen LogP contribution >= 0.6 is 23.2 Å². The third-order valence-electron chi connectivity index (χ3n) is 5.37. The standard InChI is InChI=1S/C21H19Cl2F2N5O3/c1-21(31,11-29-9-18(30(32)33)27-20(29)23)10-28-5-4-17-13(8-28)6-14(22)19(26-17)12-2-3-15(24)16(25)7-12/h2-3,6-7,9,31H,4-5,8,10-11H2,1H3/t21-/m0/s1. The number of nitro groups is 1. The molecule has 174 valence electrons. The number of β-amino-alcohol motifs (C(OH)–C–C–N with tert-alkyl or cyclic N) is 1. The average Bonchev–Trinajstić information content (AvgIpc) is 3.09. The molecule has 2 aromatic heterocycles. The number of hydrogen-bond donors (Lipinski definition) is 1. The van der Waals surface area contributed by atoms with Crippen LogP contribution in [0.4, 0.5) is 14.6 Å². The summed E-state index contributed by atoms with van der Waals surface area (Å²) < 4.78 is 28.2. The van der Waals surface area contributed by atoms with Gasteiger partial charge in [0.2, 0.25) is 0 Å². The zero-order valence-corrected chi connectivity index (χ0v) is 18.9. The second kappa shape index (κ2) is 8.94. The maximum atomic E-state index is 13.6. The number of fused-ring (bicyclic) bond motifs is 1. The molecule has 0 saturated heterocycles. The van der Waals surface area contributed by atoms with Gasteiger partial charge in [0.25, 0.3) is 0 Å². The van der Waals surface area contributed by atoms with Crippen molar-refractivity contribution >= 4 is 29.0 Å². The number of aromatic nitrogens is 3. The smallest absolute Gasteiger partial charge is 0.383 e. The topological polar surface area (TPSA) is 97.3 Å². The first-order chi connectivity index (χ1) is 15.5. The Kier molecular flexibility index (Phi) is 6.37. The van der Waals surface area contributed by atoms with Crippen molar-refractivity contribution in [2.24, 2.45) is 0 Å². The number of pyridine rings is 1. The van der Waals surface area contributed by atoms with E-state index in [9.17, 15) is 24.0 Å². The van der Waals surface area contributed by atoms with Crippen LogP contribution in [0.2, 0.25) is 10.3 Å². The quantitative estimate of drug-likeness (QED) is 0.403.